The van der Waals surface area contributed by atoms with Gasteiger partial charge in [-0.25, -0.2) is 0 Å². The van der Waals surface area contributed by atoms with Gasteiger partial charge in [-0.3, -0.25) is 4.79 Å². The average molecular weight is 350 g/mol. The zero-order valence-electron chi connectivity index (χ0n) is 14.0. The second-order valence-electron chi connectivity index (χ2n) is 5.31. The van der Waals surface area contributed by atoms with Gasteiger partial charge in [0, 0.05) is 5.56 Å². The fraction of sp³-hybridized carbons (Fsp3) is 0.438. The van der Waals surface area contributed by atoms with Crippen LogP contribution in [-0.4, -0.2) is 41.2 Å². The lowest BCUT2D eigenvalue weighted by Gasteiger charge is -2.14. The van der Waals surface area contributed by atoms with Crippen molar-refractivity contribution in [2.45, 2.75) is 25.4 Å². The number of aromatic nitrogens is 2. The van der Waals surface area contributed by atoms with Gasteiger partial charge in [0.25, 0.3) is 0 Å². The van der Waals surface area contributed by atoms with Gasteiger partial charge in [-0.05, 0) is 37.5 Å². The lowest BCUT2D eigenvalue weighted by Crippen LogP contribution is -2.42. The molecule has 2 rings (SSSR count). The Morgan fingerprint density at radius 1 is 1.50 bits per heavy atom. The highest BCUT2D eigenvalue weighted by Gasteiger charge is 2.20. The molecule has 1 unspecified atom stereocenters. The number of nitrogens with zero attached hydrogens (tertiary/aromatic N) is 2. The second kappa shape index (κ2) is 8.70. The standard InChI is InChI=1S/C16H22N4O3S/c1-10(18-15(21)13(17)7-8-24-3)16-19-14(20-23-16)11-5-4-6-12(9-11)22-2/h4-6,9-10,13H,7-8,17H2,1-3H3,(H,18,21)/t10?,13-/m0/s1. The summed E-state index contributed by atoms with van der Waals surface area (Å²) in [6, 6.07) is 6.41. The largest absolute Gasteiger partial charge is 0.497 e. The first-order valence-corrected chi connectivity index (χ1v) is 8.97. The number of methoxy groups -OCH3 is 1. The van der Waals surface area contributed by atoms with Crippen LogP contribution in [0.25, 0.3) is 11.4 Å². The molecular formula is C16H22N4O3S. The van der Waals surface area contributed by atoms with Gasteiger partial charge in [0.15, 0.2) is 0 Å². The SMILES string of the molecule is COc1cccc(-c2noc(C(C)NC(=O)[C@@H](N)CCSC)n2)c1. The third-order valence-electron chi connectivity index (χ3n) is 3.47. The molecule has 0 bridgehead atoms. The predicted molar refractivity (Wildman–Crippen MR) is 93.8 cm³/mol. The van der Waals surface area contributed by atoms with Crippen LogP contribution >= 0.6 is 11.8 Å². The molecule has 8 heteroatoms. The number of rotatable bonds is 8. The Kier molecular flexibility index (Phi) is 6.62. The van der Waals surface area contributed by atoms with Crippen LogP contribution in [0.5, 0.6) is 5.75 Å². The van der Waals surface area contributed by atoms with Crippen molar-refractivity contribution in [3.63, 3.8) is 0 Å². The van der Waals surface area contributed by atoms with Crippen LogP contribution in [-0.2, 0) is 4.79 Å². The Bertz CT molecular complexity index is 677. The molecule has 0 aliphatic rings. The number of benzene rings is 1. The van der Waals surface area contributed by atoms with Crippen molar-refractivity contribution in [3.05, 3.63) is 30.2 Å². The van der Waals surface area contributed by atoms with E-state index < -0.39 is 12.1 Å². The zero-order chi connectivity index (χ0) is 17.5. The van der Waals surface area contributed by atoms with E-state index in [0.717, 1.165) is 11.3 Å². The molecule has 1 amide bonds. The summed E-state index contributed by atoms with van der Waals surface area (Å²) in [6.45, 7) is 1.78. The minimum Gasteiger partial charge on any atom is -0.497 e. The molecule has 1 heterocycles. The van der Waals surface area contributed by atoms with Gasteiger partial charge in [-0.1, -0.05) is 17.3 Å². The van der Waals surface area contributed by atoms with Crippen LogP contribution in [0, 0.1) is 0 Å². The summed E-state index contributed by atoms with van der Waals surface area (Å²) in [5.74, 6) is 2.09. The van der Waals surface area contributed by atoms with Crippen molar-refractivity contribution in [1.82, 2.24) is 15.5 Å². The number of amides is 1. The molecule has 2 aromatic rings. The second-order valence-corrected chi connectivity index (χ2v) is 6.29. The Morgan fingerprint density at radius 3 is 3.00 bits per heavy atom. The van der Waals surface area contributed by atoms with Crippen molar-refractivity contribution >= 4 is 17.7 Å². The number of hydrogen-bond acceptors (Lipinski definition) is 7. The molecule has 7 nitrogen and oxygen atoms in total. The summed E-state index contributed by atoms with van der Waals surface area (Å²) in [5, 5.41) is 6.76. The van der Waals surface area contributed by atoms with Gasteiger partial charge in [-0.15, -0.1) is 0 Å². The van der Waals surface area contributed by atoms with E-state index in [2.05, 4.69) is 15.5 Å². The highest BCUT2D eigenvalue weighted by Crippen LogP contribution is 2.22. The van der Waals surface area contributed by atoms with Gasteiger partial charge in [0.1, 0.15) is 11.8 Å². The molecule has 1 aromatic carbocycles. The summed E-state index contributed by atoms with van der Waals surface area (Å²) in [6.07, 6.45) is 2.60. The zero-order valence-corrected chi connectivity index (χ0v) is 14.8. The number of nitrogens with two attached hydrogens (primary N) is 1. The molecule has 3 N–H and O–H groups in total. The van der Waals surface area contributed by atoms with Crippen LogP contribution in [0.4, 0.5) is 0 Å². The van der Waals surface area contributed by atoms with Gasteiger partial charge in [0.2, 0.25) is 17.6 Å². The van der Waals surface area contributed by atoms with Gasteiger partial charge < -0.3 is 20.3 Å². The van der Waals surface area contributed by atoms with E-state index in [1.165, 1.54) is 0 Å². The maximum absolute atomic E-state index is 12.0. The Labute approximate surface area is 145 Å². The molecule has 0 aliphatic carbocycles. The molecule has 0 saturated carbocycles. The Morgan fingerprint density at radius 2 is 2.29 bits per heavy atom. The maximum Gasteiger partial charge on any atom is 0.249 e. The molecule has 0 aliphatic heterocycles. The van der Waals surface area contributed by atoms with Crippen LogP contribution in [0.2, 0.25) is 0 Å². The smallest absolute Gasteiger partial charge is 0.249 e. The molecule has 0 radical (unpaired) electrons. The third-order valence-corrected chi connectivity index (χ3v) is 4.11. The number of ether oxygens (including phenoxy) is 1. The quantitative estimate of drug-likeness (QED) is 0.750. The number of hydrogen-bond donors (Lipinski definition) is 2. The van der Waals surface area contributed by atoms with Crippen LogP contribution < -0.4 is 15.8 Å². The molecule has 130 valence electrons. The van der Waals surface area contributed by atoms with Gasteiger partial charge >= 0.3 is 0 Å². The molecule has 1 aromatic heterocycles. The molecule has 0 saturated heterocycles. The monoisotopic (exact) mass is 350 g/mol. The van der Waals surface area contributed by atoms with Crippen molar-refractivity contribution in [3.8, 4) is 17.1 Å². The highest BCUT2D eigenvalue weighted by molar-refractivity contribution is 7.98. The van der Waals surface area contributed by atoms with Crippen LogP contribution in [0.1, 0.15) is 25.3 Å². The third kappa shape index (κ3) is 4.72. The lowest BCUT2D eigenvalue weighted by molar-refractivity contribution is -0.123. The summed E-state index contributed by atoms with van der Waals surface area (Å²) < 4.78 is 10.4. The first-order valence-electron chi connectivity index (χ1n) is 7.58. The van der Waals surface area contributed by atoms with E-state index in [0.29, 0.717) is 23.9 Å². The summed E-state index contributed by atoms with van der Waals surface area (Å²) >= 11 is 1.66. The van der Waals surface area contributed by atoms with Crippen molar-refractivity contribution in [1.29, 1.82) is 0 Å². The molecule has 0 spiro atoms. The maximum atomic E-state index is 12.0. The first kappa shape index (κ1) is 18.3. The van der Waals surface area contributed by atoms with Crippen LogP contribution in [0.15, 0.2) is 28.8 Å². The Hall–Kier alpha value is -2.06. The fourth-order valence-corrected chi connectivity index (χ4v) is 2.54. The van der Waals surface area contributed by atoms with E-state index >= 15 is 0 Å². The van der Waals surface area contributed by atoms with Gasteiger partial charge in [-0.2, -0.15) is 16.7 Å². The molecule has 0 fully saturated rings. The van der Waals surface area contributed by atoms with Crippen molar-refractivity contribution in [2.75, 3.05) is 19.1 Å². The number of carbonyl (C=O) groups excluding carboxylic acids is 1. The van der Waals surface area contributed by atoms with E-state index in [1.54, 1.807) is 25.8 Å². The fourth-order valence-electron chi connectivity index (χ4n) is 2.05. The summed E-state index contributed by atoms with van der Waals surface area (Å²) in [7, 11) is 1.60. The van der Waals surface area contributed by atoms with Crippen molar-refractivity contribution in [2.24, 2.45) is 5.73 Å². The molecule has 24 heavy (non-hydrogen) atoms. The molecular weight excluding hydrogens is 328 g/mol. The van der Waals surface area contributed by atoms with E-state index in [9.17, 15) is 4.79 Å². The lowest BCUT2D eigenvalue weighted by atomic mass is 10.2. The van der Waals surface area contributed by atoms with E-state index in [1.807, 2.05) is 30.5 Å². The van der Waals surface area contributed by atoms with Crippen LogP contribution in [0.3, 0.4) is 0 Å². The van der Waals surface area contributed by atoms with Gasteiger partial charge in [0.05, 0.1) is 13.2 Å². The predicted octanol–water partition coefficient (Wildman–Crippen LogP) is 2.00. The number of carbonyl (C=O) groups is 1. The number of nitrogens with one attached hydrogen (secondary N) is 1. The van der Waals surface area contributed by atoms with E-state index in [-0.39, 0.29) is 5.91 Å². The Balaban J connectivity index is 2.02. The minimum atomic E-state index is -0.541. The number of thioether (sulfide) groups is 1. The topological polar surface area (TPSA) is 103 Å². The first-order chi connectivity index (χ1) is 11.5. The molecule has 2 atom stereocenters. The minimum absolute atomic E-state index is 0.224. The van der Waals surface area contributed by atoms with Crippen molar-refractivity contribution < 1.29 is 14.1 Å². The van der Waals surface area contributed by atoms with E-state index in [4.69, 9.17) is 15.0 Å². The summed E-state index contributed by atoms with van der Waals surface area (Å²) in [5.41, 5.74) is 6.63. The average Bonchev–Trinajstić information content (AvgIpc) is 3.09. The summed E-state index contributed by atoms with van der Waals surface area (Å²) in [4.78, 5) is 16.4. The normalized spacial score (nSPS) is 13.3. The highest BCUT2D eigenvalue weighted by atomic mass is 32.2.